The van der Waals surface area contributed by atoms with Crippen LogP contribution in [0.25, 0.3) is 0 Å². The lowest BCUT2D eigenvalue weighted by Crippen LogP contribution is -2.20. The number of hydrogen-bond acceptors (Lipinski definition) is 1. The molecule has 0 fully saturated rings. The Bertz CT molecular complexity index is 393. The summed E-state index contributed by atoms with van der Waals surface area (Å²) in [6, 6.07) is 3.05. The Morgan fingerprint density at radius 1 is 1.47 bits per heavy atom. The summed E-state index contributed by atoms with van der Waals surface area (Å²) in [6.45, 7) is 0. The van der Waals surface area contributed by atoms with Crippen molar-refractivity contribution in [2.24, 2.45) is 0 Å². The van der Waals surface area contributed by atoms with Crippen molar-refractivity contribution in [2.75, 3.05) is 0 Å². The van der Waals surface area contributed by atoms with E-state index in [9.17, 15) is 18.0 Å². The lowest BCUT2D eigenvalue weighted by molar-refractivity contribution is -0.145. The van der Waals surface area contributed by atoms with Gasteiger partial charge in [0.05, 0.1) is 10.6 Å². The van der Waals surface area contributed by atoms with E-state index in [4.69, 9.17) is 16.7 Å². The molecule has 6 heteroatoms. The Labute approximate surface area is 88.3 Å². The van der Waals surface area contributed by atoms with Crippen LogP contribution in [0.4, 0.5) is 13.2 Å². The molecular weight excluding hydrogens is 233 g/mol. The number of benzene rings is 1. The number of rotatable bonds is 3. The molecule has 82 valence electrons. The fourth-order valence-corrected chi connectivity index (χ4v) is 1.25. The minimum absolute atomic E-state index is 0.461. The van der Waals surface area contributed by atoms with E-state index in [-0.39, 0.29) is 0 Å². The van der Waals surface area contributed by atoms with E-state index in [1.165, 1.54) is 0 Å². The SMILES string of the molecule is O=C(O)CC(F)(F)c1cccc(Cl)c1F. The molecule has 1 aromatic carbocycles. The van der Waals surface area contributed by atoms with Crippen LogP contribution in [0.3, 0.4) is 0 Å². The van der Waals surface area contributed by atoms with Gasteiger partial charge in [0.15, 0.2) is 5.82 Å². The Morgan fingerprint density at radius 3 is 2.60 bits per heavy atom. The van der Waals surface area contributed by atoms with Gasteiger partial charge >= 0.3 is 5.97 Å². The molecule has 1 N–H and O–H groups in total. The molecule has 0 aliphatic carbocycles. The predicted molar refractivity (Wildman–Crippen MR) is 47.6 cm³/mol. The molecule has 0 aliphatic heterocycles. The number of carboxylic acid groups (broad SMARTS) is 1. The Hall–Kier alpha value is -1.23. The van der Waals surface area contributed by atoms with E-state index in [1.54, 1.807) is 0 Å². The maximum Gasteiger partial charge on any atom is 0.309 e. The Balaban J connectivity index is 3.14. The monoisotopic (exact) mass is 238 g/mol. The molecule has 0 spiro atoms. The van der Waals surface area contributed by atoms with Crippen LogP contribution in [0.5, 0.6) is 0 Å². The van der Waals surface area contributed by atoms with Crippen LogP contribution >= 0.6 is 11.6 Å². The predicted octanol–water partition coefficient (Wildman–Crippen LogP) is 3.05. The van der Waals surface area contributed by atoms with Crippen molar-refractivity contribution in [2.45, 2.75) is 12.3 Å². The molecule has 0 saturated heterocycles. The highest BCUT2D eigenvalue weighted by Gasteiger charge is 2.37. The van der Waals surface area contributed by atoms with Gasteiger partial charge in [0.2, 0.25) is 0 Å². The van der Waals surface area contributed by atoms with Crippen molar-refractivity contribution in [1.29, 1.82) is 0 Å². The zero-order valence-corrected chi connectivity index (χ0v) is 8.06. The maximum atomic E-state index is 13.2. The topological polar surface area (TPSA) is 37.3 Å². The smallest absolute Gasteiger partial charge is 0.309 e. The van der Waals surface area contributed by atoms with Crippen LogP contribution in [0.15, 0.2) is 18.2 Å². The molecule has 1 aromatic rings. The van der Waals surface area contributed by atoms with Gasteiger partial charge < -0.3 is 5.11 Å². The average Bonchev–Trinajstić information content (AvgIpc) is 2.07. The zero-order valence-electron chi connectivity index (χ0n) is 7.31. The number of carboxylic acids is 1. The molecule has 15 heavy (non-hydrogen) atoms. The molecule has 0 bridgehead atoms. The van der Waals surface area contributed by atoms with Gasteiger partial charge in [0.1, 0.15) is 6.42 Å². The van der Waals surface area contributed by atoms with E-state index in [1.807, 2.05) is 0 Å². The number of carbonyl (C=O) groups is 1. The molecule has 2 nitrogen and oxygen atoms in total. The number of halogens is 4. The van der Waals surface area contributed by atoms with Gasteiger partial charge in [-0.05, 0) is 12.1 Å². The van der Waals surface area contributed by atoms with Crippen LogP contribution in [0, 0.1) is 5.82 Å². The van der Waals surface area contributed by atoms with E-state index >= 15 is 0 Å². The number of hydrogen-bond donors (Lipinski definition) is 1. The summed E-state index contributed by atoms with van der Waals surface area (Å²) in [5.74, 6) is -6.76. The third-order valence-corrected chi connectivity index (χ3v) is 2.01. The second-order valence-corrected chi connectivity index (χ2v) is 3.28. The quantitative estimate of drug-likeness (QED) is 0.879. The van der Waals surface area contributed by atoms with Gasteiger partial charge in [-0.15, -0.1) is 0 Å². The first-order chi connectivity index (χ1) is 6.84. The second-order valence-electron chi connectivity index (χ2n) is 2.88. The lowest BCUT2D eigenvalue weighted by Gasteiger charge is -2.15. The number of alkyl halides is 2. The van der Waals surface area contributed by atoms with E-state index in [2.05, 4.69) is 0 Å². The van der Waals surface area contributed by atoms with Crippen LogP contribution < -0.4 is 0 Å². The summed E-state index contributed by atoms with van der Waals surface area (Å²) >= 11 is 5.30. The van der Waals surface area contributed by atoms with Gasteiger partial charge in [0.25, 0.3) is 5.92 Å². The van der Waals surface area contributed by atoms with Gasteiger partial charge in [-0.2, -0.15) is 0 Å². The maximum absolute atomic E-state index is 13.2. The van der Waals surface area contributed by atoms with Gasteiger partial charge in [-0.25, -0.2) is 13.2 Å². The third kappa shape index (κ3) is 2.62. The fraction of sp³-hybridized carbons (Fsp3) is 0.222. The average molecular weight is 239 g/mol. The van der Waals surface area contributed by atoms with Crippen molar-refractivity contribution >= 4 is 17.6 Å². The standard InChI is InChI=1S/C9H6ClF3O2/c10-6-3-1-2-5(8(6)11)9(12,13)4-7(14)15/h1-3H,4H2,(H,14,15). The molecule has 0 atom stereocenters. The summed E-state index contributed by atoms with van der Waals surface area (Å²) in [7, 11) is 0. The van der Waals surface area contributed by atoms with Gasteiger partial charge in [0, 0.05) is 0 Å². The normalized spacial score (nSPS) is 11.5. The first kappa shape index (κ1) is 11.8. The second kappa shape index (κ2) is 4.10. The lowest BCUT2D eigenvalue weighted by atomic mass is 10.1. The zero-order chi connectivity index (χ0) is 11.6. The summed E-state index contributed by atoms with van der Waals surface area (Å²) in [5.41, 5.74) is -1.00. The molecule has 0 unspecified atom stereocenters. The van der Waals surface area contributed by atoms with E-state index < -0.39 is 34.7 Å². The van der Waals surface area contributed by atoms with Crippen molar-refractivity contribution in [1.82, 2.24) is 0 Å². The molecule has 0 aliphatic rings. The molecule has 1 rings (SSSR count). The van der Waals surface area contributed by atoms with Gasteiger partial charge in [-0.1, -0.05) is 17.7 Å². The Kier molecular flexibility index (Phi) is 3.24. The fourth-order valence-electron chi connectivity index (χ4n) is 1.07. The highest BCUT2D eigenvalue weighted by Crippen LogP contribution is 2.35. The summed E-state index contributed by atoms with van der Waals surface area (Å²) < 4.78 is 39.5. The highest BCUT2D eigenvalue weighted by molar-refractivity contribution is 6.30. The summed E-state index contributed by atoms with van der Waals surface area (Å²) in [4.78, 5) is 10.1. The molecule has 0 amide bonds. The first-order valence-corrected chi connectivity index (χ1v) is 4.26. The summed E-state index contributed by atoms with van der Waals surface area (Å²) in [5, 5.41) is 7.77. The molecule has 0 radical (unpaired) electrons. The molecule has 0 heterocycles. The van der Waals surface area contributed by atoms with Crippen molar-refractivity contribution in [3.8, 4) is 0 Å². The van der Waals surface area contributed by atoms with E-state index in [0.717, 1.165) is 18.2 Å². The van der Waals surface area contributed by atoms with Crippen molar-refractivity contribution in [3.63, 3.8) is 0 Å². The van der Waals surface area contributed by atoms with E-state index in [0.29, 0.717) is 0 Å². The molecule has 0 saturated carbocycles. The summed E-state index contributed by atoms with van der Waals surface area (Å²) in [6.07, 6.45) is -1.47. The van der Waals surface area contributed by atoms with Crippen LogP contribution in [-0.4, -0.2) is 11.1 Å². The number of aliphatic carboxylic acids is 1. The first-order valence-electron chi connectivity index (χ1n) is 3.88. The Morgan fingerprint density at radius 2 is 2.07 bits per heavy atom. The molecule has 0 aromatic heterocycles. The van der Waals surface area contributed by atoms with Crippen LogP contribution in [-0.2, 0) is 10.7 Å². The highest BCUT2D eigenvalue weighted by atomic mass is 35.5. The molecular formula is C9H6ClF3O2. The van der Waals surface area contributed by atoms with Crippen LogP contribution in [0.2, 0.25) is 5.02 Å². The van der Waals surface area contributed by atoms with Crippen molar-refractivity contribution in [3.05, 3.63) is 34.6 Å². The van der Waals surface area contributed by atoms with Crippen LogP contribution in [0.1, 0.15) is 12.0 Å². The third-order valence-electron chi connectivity index (χ3n) is 1.72. The minimum Gasteiger partial charge on any atom is -0.481 e. The van der Waals surface area contributed by atoms with Gasteiger partial charge in [-0.3, -0.25) is 4.79 Å². The van der Waals surface area contributed by atoms with Crippen molar-refractivity contribution < 1.29 is 23.1 Å². The minimum atomic E-state index is -3.76. The largest absolute Gasteiger partial charge is 0.481 e.